The average molecular weight is 530 g/mol. The number of Topliss-reactive ketones (excluding diaryl/α,β-unsaturated/α-hetero) is 1. The van der Waals surface area contributed by atoms with Gasteiger partial charge >= 0.3 is 5.97 Å². The van der Waals surface area contributed by atoms with Crippen LogP contribution in [0.1, 0.15) is 41.4 Å². The van der Waals surface area contributed by atoms with Gasteiger partial charge in [-0.25, -0.2) is 9.69 Å². The number of ether oxygens (including phenoxy) is 1. The van der Waals surface area contributed by atoms with E-state index in [9.17, 15) is 19.2 Å². The van der Waals surface area contributed by atoms with Gasteiger partial charge in [-0.05, 0) is 47.5 Å². The fourth-order valence-corrected chi connectivity index (χ4v) is 4.30. The van der Waals surface area contributed by atoms with E-state index in [2.05, 4.69) is 0 Å². The lowest BCUT2D eigenvalue weighted by Gasteiger charge is -2.14. The van der Waals surface area contributed by atoms with E-state index in [0.717, 1.165) is 16.0 Å². The van der Waals surface area contributed by atoms with E-state index in [1.807, 2.05) is 42.5 Å². The summed E-state index contributed by atoms with van der Waals surface area (Å²) >= 11 is 12.0. The van der Waals surface area contributed by atoms with E-state index >= 15 is 0 Å². The standard InChI is InChI=1S/C29H17Cl2NO5/c30-24-13-11-21(15-25(24)31)32-27(34)22-12-10-20(14-23(22)28(32)35)29(36)37-16-26(33)19-8-6-18(7-9-19)17-4-2-1-3-5-17/h1-15H,16H2. The number of anilines is 1. The highest BCUT2D eigenvalue weighted by atomic mass is 35.5. The second kappa shape index (κ2) is 10.0. The Hall–Kier alpha value is -4.26. The normalized spacial score (nSPS) is 12.4. The van der Waals surface area contributed by atoms with Crippen LogP contribution in [0.3, 0.4) is 0 Å². The number of hydrogen-bond acceptors (Lipinski definition) is 5. The van der Waals surface area contributed by atoms with Crippen LogP contribution >= 0.6 is 23.2 Å². The average Bonchev–Trinajstić information content (AvgIpc) is 3.18. The number of fused-ring (bicyclic) bond motifs is 1. The smallest absolute Gasteiger partial charge is 0.338 e. The SMILES string of the molecule is O=C(COC(=O)c1ccc2c(c1)C(=O)N(c1ccc(Cl)c(Cl)c1)C2=O)c1ccc(-c2ccccc2)cc1. The number of benzene rings is 4. The Kier molecular flexibility index (Phi) is 6.61. The molecule has 0 radical (unpaired) electrons. The molecule has 4 aromatic carbocycles. The van der Waals surface area contributed by atoms with Crippen molar-refractivity contribution in [1.82, 2.24) is 0 Å². The van der Waals surface area contributed by atoms with Crippen LogP contribution in [0.2, 0.25) is 10.0 Å². The fraction of sp³-hybridized carbons (Fsp3) is 0.0345. The van der Waals surface area contributed by atoms with Gasteiger partial charge in [-0.15, -0.1) is 0 Å². The van der Waals surface area contributed by atoms with E-state index in [1.54, 1.807) is 12.1 Å². The Morgan fingerprint density at radius 2 is 1.32 bits per heavy atom. The van der Waals surface area contributed by atoms with E-state index in [-0.39, 0.29) is 38.2 Å². The molecule has 0 saturated heterocycles. The predicted octanol–water partition coefficient (Wildman–Crippen LogP) is 6.50. The summed E-state index contributed by atoms with van der Waals surface area (Å²) in [4.78, 5) is 52.0. The molecule has 8 heteroatoms. The highest BCUT2D eigenvalue weighted by molar-refractivity contribution is 6.42. The molecule has 0 bridgehead atoms. The number of imide groups is 1. The van der Waals surface area contributed by atoms with Crippen LogP contribution in [0.15, 0.2) is 91.0 Å². The molecular weight excluding hydrogens is 513 g/mol. The molecule has 0 aliphatic carbocycles. The van der Waals surface area contributed by atoms with Crippen molar-refractivity contribution < 1.29 is 23.9 Å². The Labute approximate surface area is 222 Å². The van der Waals surface area contributed by atoms with Crippen molar-refractivity contribution in [3.8, 4) is 11.1 Å². The highest BCUT2D eigenvalue weighted by Crippen LogP contribution is 2.33. The molecule has 1 heterocycles. The number of carbonyl (C=O) groups excluding carboxylic acids is 4. The van der Waals surface area contributed by atoms with Crippen LogP contribution in [0.5, 0.6) is 0 Å². The van der Waals surface area contributed by atoms with Gasteiger partial charge in [-0.1, -0.05) is 77.8 Å². The molecule has 0 N–H and O–H groups in total. The van der Waals surface area contributed by atoms with Gasteiger partial charge in [0, 0.05) is 5.56 Å². The predicted molar refractivity (Wildman–Crippen MR) is 141 cm³/mol. The first-order valence-electron chi connectivity index (χ1n) is 11.2. The molecule has 0 unspecified atom stereocenters. The summed E-state index contributed by atoms with van der Waals surface area (Å²) in [5.41, 5.74) is 2.88. The van der Waals surface area contributed by atoms with Crippen molar-refractivity contribution in [3.05, 3.63) is 123 Å². The molecule has 1 aliphatic rings. The Balaban J connectivity index is 1.27. The van der Waals surface area contributed by atoms with Crippen molar-refractivity contribution in [2.24, 2.45) is 0 Å². The lowest BCUT2D eigenvalue weighted by atomic mass is 10.0. The summed E-state index contributed by atoms with van der Waals surface area (Å²) in [5.74, 6) is -2.31. The second-order valence-electron chi connectivity index (χ2n) is 8.25. The number of nitrogens with zero attached hydrogens (tertiary/aromatic N) is 1. The lowest BCUT2D eigenvalue weighted by Crippen LogP contribution is -2.29. The molecule has 4 aromatic rings. The zero-order chi connectivity index (χ0) is 26.1. The number of rotatable bonds is 6. The molecule has 37 heavy (non-hydrogen) atoms. The molecule has 182 valence electrons. The summed E-state index contributed by atoms with van der Waals surface area (Å²) in [6.45, 7) is -0.469. The maximum atomic E-state index is 13.0. The first-order valence-corrected chi connectivity index (χ1v) is 11.9. The molecule has 2 amide bonds. The zero-order valence-electron chi connectivity index (χ0n) is 19.1. The van der Waals surface area contributed by atoms with Crippen molar-refractivity contribution >= 4 is 52.5 Å². The number of amides is 2. The molecule has 0 saturated carbocycles. The fourth-order valence-electron chi connectivity index (χ4n) is 4.00. The molecule has 1 aliphatic heterocycles. The molecule has 0 atom stereocenters. The highest BCUT2D eigenvalue weighted by Gasteiger charge is 2.37. The molecular formula is C29H17Cl2NO5. The summed E-state index contributed by atoms with van der Waals surface area (Å²) in [5, 5.41) is 0.480. The van der Waals surface area contributed by atoms with E-state index in [0.29, 0.717) is 5.56 Å². The number of halogens is 2. The number of esters is 1. The largest absolute Gasteiger partial charge is 0.454 e. The summed E-state index contributed by atoms with van der Waals surface area (Å²) in [6, 6.07) is 25.2. The summed E-state index contributed by atoms with van der Waals surface area (Å²) < 4.78 is 5.19. The third-order valence-electron chi connectivity index (χ3n) is 5.93. The first-order chi connectivity index (χ1) is 17.8. The van der Waals surface area contributed by atoms with Gasteiger partial charge in [0.1, 0.15) is 0 Å². The third kappa shape index (κ3) is 4.77. The summed E-state index contributed by atoms with van der Waals surface area (Å²) in [7, 11) is 0. The van der Waals surface area contributed by atoms with Gasteiger partial charge in [0.25, 0.3) is 11.8 Å². The van der Waals surface area contributed by atoms with Crippen LogP contribution in [-0.4, -0.2) is 30.2 Å². The van der Waals surface area contributed by atoms with Gasteiger partial charge in [0.2, 0.25) is 0 Å². The lowest BCUT2D eigenvalue weighted by molar-refractivity contribution is 0.0474. The van der Waals surface area contributed by atoms with Gasteiger partial charge in [-0.3, -0.25) is 14.4 Å². The van der Waals surface area contributed by atoms with Gasteiger partial charge in [0.05, 0.1) is 32.4 Å². The summed E-state index contributed by atoms with van der Waals surface area (Å²) in [6.07, 6.45) is 0. The van der Waals surface area contributed by atoms with E-state index in [1.165, 1.54) is 36.4 Å². The van der Waals surface area contributed by atoms with E-state index in [4.69, 9.17) is 27.9 Å². The van der Waals surface area contributed by atoms with Crippen molar-refractivity contribution in [3.63, 3.8) is 0 Å². The van der Waals surface area contributed by atoms with Gasteiger partial charge in [-0.2, -0.15) is 0 Å². The van der Waals surface area contributed by atoms with Crippen LogP contribution < -0.4 is 4.90 Å². The number of carbonyl (C=O) groups is 4. The molecule has 0 fully saturated rings. The van der Waals surface area contributed by atoms with Crippen LogP contribution in [-0.2, 0) is 4.74 Å². The van der Waals surface area contributed by atoms with Crippen LogP contribution in [0, 0.1) is 0 Å². The van der Waals surface area contributed by atoms with Gasteiger partial charge in [0.15, 0.2) is 12.4 Å². The monoisotopic (exact) mass is 529 g/mol. The van der Waals surface area contributed by atoms with Crippen LogP contribution in [0.4, 0.5) is 5.69 Å². The maximum Gasteiger partial charge on any atom is 0.338 e. The zero-order valence-corrected chi connectivity index (χ0v) is 20.6. The van der Waals surface area contributed by atoms with Crippen molar-refractivity contribution in [2.45, 2.75) is 0 Å². The van der Waals surface area contributed by atoms with Crippen LogP contribution in [0.25, 0.3) is 11.1 Å². The molecule has 5 rings (SSSR count). The molecule has 0 aromatic heterocycles. The molecule has 0 spiro atoms. The quantitative estimate of drug-likeness (QED) is 0.162. The van der Waals surface area contributed by atoms with Crippen molar-refractivity contribution in [2.75, 3.05) is 11.5 Å². The van der Waals surface area contributed by atoms with Crippen molar-refractivity contribution in [1.29, 1.82) is 0 Å². The Morgan fingerprint density at radius 3 is 2.03 bits per heavy atom. The first kappa shape index (κ1) is 24.4. The minimum atomic E-state index is -0.787. The second-order valence-corrected chi connectivity index (χ2v) is 9.06. The Bertz CT molecular complexity index is 1570. The van der Waals surface area contributed by atoms with Gasteiger partial charge < -0.3 is 4.74 Å². The molecule has 6 nitrogen and oxygen atoms in total. The van der Waals surface area contributed by atoms with E-state index < -0.39 is 24.4 Å². The third-order valence-corrected chi connectivity index (χ3v) is 6.67. The number of ketones is 1. The minimum Gasteiger partial charge on any atom is -0.454 e. The number of hydrogen-bond donors (Lipinski definition) is 0. The minimum absolute atomic E-state index is 0.0446. The maximum absolute atomic E-state index is 13.0. The Morgan fingerprint density at radius 1 is 0.676 bits per heavy atom. The topological polar surface area (TPSA) is 80.8 Å².